The zero-order valence-corrected chi connectivity index (χ0v) is 19.1. The van der Waals surface area contributed by atoms with Crippen LogP contribution in [0.2, 0.25) is 0 Å². The maximum atomic E-state index is 9.37. The molecule has 3 nitrogen and oxygen atoms in total. The van der Waals surface area contributed by atoms with Crippen molar-refractivity contribution in [2.24, 2.45) is 0 Å². The van der Waals surface area contributed by atoms with Gasteiger partial charge in [-0.15, -0.1) is 0 Å². The van der Waals surface area contributed by atoms with Gasteiger partial charge < -0.3 is 10.2 Å². The molecule has 3 heteroatoms. The third-order valence-corrected chi connectivity index (χ3v) is 4.97. The van der Waals surface area contributed by atoms with Crippen LogP contribution < -0.4 is 0 Å². The van der Waals surface area contributed by atoms with E-state index in [1.54, 1.807) is 6.92 Å². The van der Waals surface area contributed by atoms with Crippen LogP contribution in [0.5, 0.6) is 0 Å². The topological polar surface area (TPSA) is 57.5 Å². The molecule has 0 aliphatic heterocycles. The predicted molar refractivity (Wildman–Crippen MR) is 123 cm³/mol. The quantitative estimate of drug-likeness (QED) is 0.161. The molecular formula is C25H50O3. The fraction of sp³-hybridized carbons (Fsp3) is 0.880. The number of rotatable bonds is 20. The minimum absolute atomic E-state index is 0.222. The second-order valence-electron chi connectivity index (χ2n) is 7.82. The monoisotopic (exact) mass is 398 g/mol. The molecule has 0 amide bonds. The third-order valence-electron chi connectivity index (χ3n) is 4.97. The zero-order valence-electron chi connectivity index (χ0n) is 19.1. The highest BCUT2D eigenvalue weighted by Gasteiger charge is 1.93. The van der Waals surface area contributed by atoms with Crippen molar-refractivity contribution in [1.82, 2.24) is 0 Å². The van der Waals surface area contributed by atoms with Crippen molar-refractivity contribution in [1.29, 1.82) is 0 Å². The summed E-state index contributed by atoms with van der Waals surface area (Å²) in [6, 6.07) is 0. The van der Waals surface area contributed by atoms with Crippen molar-refractivity contribution < 1.29 is 15.0 Å². The summed E-state index contributed by atoms with van der Waals surface area (Å²) < 4.78 is 0. The van der Waals surface area contributed by atoms with E-state index < -0.39 is 5.97 Å². The number of carbonyl (C=O) groups is 1. The molecule has 0 atom stereocenters. The molecule has 0 bridgehead atoms. The molecule has 0 aliphatic carbocycles. The predicted octanol–water partition coefficient (Wildman–Crippen LogP) is 8.06. The molecule has 0 spiro atoms. The van der Waals surface area contributed by atoms with Gasteiger partial charge in [0.2, 0.25) is 0 Å². The fourth-order valence-corrected chi connectivity index (χ4v) is 3.07. The van der Waals surface area contributed by atoms with Gasteiger partial charge in [0.25, 0.3) is 0 Å². The number of hydrogen-bond donors (Lipinski definition) is 2. The van der Waals surface area contributed by atoms with E-state index in [-0.39, 0.29) is 6.42 Å². The summed E-state index contributed by atoms with van der Waals surface area (Å²) in [6.45, 7) is 4.25. The molecule has 0 aromatic rings. The summed E-state index contributed by atoms with van der Waals surface area (Å²) in [5.74, 6) is -0.745. The Balaban J connectivity index is 0. The van der Waals surface area contributed by atoms with Gasteiger partial charge >= 0.3 is 5.97 Å². The standard InChI is InChI=1S/C22H44O.C3H6O2/c1-2-3-4-5-6-7-8-9-10-11-12-13-14-15-16-17-18-19-20-21-22-23;1-2-3(4)5/h9-10,23H,2-8,11-22H2,1H3;2H2,1H3,(H,4,5). The second-order valence-corrected chi connectivity index (χ2v) is 7.82. The highest BCUT2D eigenvalue weighted by Crippen LogP contribution is 2.12. The molecule has 0 unspecified atom stereocenters. The van der Waals surface area contributed by atoms with Crippen LogP contribution in [0.1, 0.15) is 136 Å². The lowest BCUT2D eigenvalue weighted by atomic mass is 10.1. The molecule has 0 saturated carbocycles. The largest absolute Gasteiger partial charge is 0.481 e. The summed E-state index contributed by atoms with van der Waals surface area (Å²) in [7, 11) is 0. The summed E-state index contributed by atoms with van der Waals surface area (Å²) >= 11 is 0. The average molecular weight is 399 g/mol. The molecule has 28 heavy (non-hydrogen) atoms. The van der Waals surface area contributed by atoms with Crippen LogP contribution >= 0.6 is 0 Å². The SMILES string of the molecule is CCC(=O)O.CCCCCCCCC=CCCCCCCCCCCCCO. The van der Waals surface area contributed by atoms with Gasteiger partial charge in [-0.3, -0.25) is 4.79 Å². The van der Waals surface area contributed by atoms with Gasteiger partial charge in [-0.1, -0.05) is 109 Å². The van der Waals surface area contributed by atoms with Gasteiger partial charge in [-0.2, -0.15) is 0 Å². The molecule has 0 fully saturated rings. The number of unbranched alkanes of at least 4 members (excludes halogenated alkanes) is 16. The number of carboxylic acids is 1. The van der Waals surface area contributed by atoms with Crippen LogP contribution in [0.3, 0.4) is 0 Å². The third kappa shape index (κ3) is 32.8. The number of aliphatic hydroxyl groups excluding tert-OH is 1. The Morgan fingerprint density at radius 1 is 0.607 bits per heavy atom. The Bertz CT molecular complexity index is 313. The first-order valence-electron chi connectivity index (χ1n) is 12.2. The highest BCUT2D eigenvalue weighted by atomic mass is 16.4. The van der Waals surface area contributed by atoms with Crippen molar-refractivity contribution >= 4 is 5.97 Å². The molecule has 0 aromatic heterocycles. The number of carboxylic acid groups (broad SMARTS) is 1. The van der Waals surface area contributed by atoms with Crippen molar-refractivity contribution in [3.63, 3.8) is 0 Å². The Hall–Kier alpha value is -0.830. The summed E-state index contributed by atoms with van der Waals surface area (Å²) in [6.07, 6.45) is 29.4. The first-order valence-corrected chi connectivity index (χ1v) is 12.2. The van der Waals surface area contributed by atoms with Gasteiger partial charge in [-0.25, -0.2) is 0 Å². The number of aliphatic hydroxyl groups is 1. The molecular weight excluding hydrogens is 348 g/mol. The van der Waals surface area contributed by atoms with E-state index in [2.05, 4.69) is 19.1 Å². The van der Waals surface area contributed by atoms with Gasteiger partial charge in [-0.05, 0) is 32.1 Å². The lowest BCUT2D eigenvalue weighted by Gasteiger charge is -2.01. The van der Waals surface area contributed by atoms with E-state index in [1.165, 1.54) is 109 Å². The van der Waals surface area contributed by atoms with Gasteiger partial charge in [0.05, 0.1) is 0 Å². The first kappa shape index (κ1) is 29.4. The fourth-order valence-electron chi connectivity index (χ4n) is 3.07. The maximum absolute atomic E-state index is 9.37. The molecule has 0 rings (SSSR count). The Labute approximate surface area is 176 Å². The molecule has 0 aromatic carbocycles. The van der Waals surface area contributed by atoms with Crippen molar-refractivity contribution in [3.8, 4) is 0 Å². The van der Waals surface area contributed by atoms with Crippen LogP contribution in [0.25, 0.3) is 0 Å². The van der Waals surface area contributed by atoms with Crippen LogP contribution in [0.15, 0.2) is 12.2 Å². The number of hydrogen-bond acceptors (Lipinski definition) is 2. The summed E-state index contributed by atoms with van der Waals surface area (Å²) in [5, 5.41) is 16.4. The van der Waals surface area contributed by atoms with E-state index in [9.17, 15) is 4.79 Å². The molecule has 168 valence electrons. The summed E-state index contributed by atoms with van der Waals surface area (Å²) in [4.78, 5) is 9.37. The number of allylic oxidation sites excluding steroid dienone is 2. The lowest BCUT2D eigenvalue weighted by molar-refractivity contribution is -0.136. The normalized spacial score (nSPS) is 10.8. The van der Waals surface area contributed by atoms with Crippen molar-refractivity contribution in [3.05, 3.63) is 12.2 Å². The molecule has 0 radical (unpaired) electrons. The van der Waals surface area contributed by atoms with Gasteiger partial charge in [0, 0.05) is 13.0 Å². The van der Waals surface area contributed by atoms with Crippen LogP contribution in [-0.2, 0) is 4.79 Å². The lowest BCUT2D eigenvalue weighted by Crippen LogP contribution is -1.86. The molecule has 0 aliphatic rings. The second kappa shape index (κ2) is 28.4. The van der Waals surface area contributed by atoms with Crippen molar-refractivity contribution in [2.45, 2.75) is 136 Å². The molecule has 0 saturated heterocycles. The number of aliphatic carboxylic acids is 1. The first-order chi connectivity index (χ1) is 13.7. The van der Waals surface area contributed by atoms with E-state index >= 15 is 0 Å². The minimum Gasteiger partial charge on any atom is -0.481 e. The zero-order chi connectivity index (χ0) is 21.1. The van der Waals surface area contributed by atoms with E-state index in [0.717, 1.165) is 6.42 Å². The Morgan fingerprint density at radius 2 is 0.929 bits per heavy atom. The molecule has 2 N–H and O–H groups in total. The van der Waals surface area contributed by atoms with Crippen LogP contribution in [-0.4, -0.2) is 22.8 Å². The Morgan fingerprint density at radius 3 is 1.25 bits per heavy atom. The van der Waals surface area contributed by atoms with Crippen LogP contribution in [0.4, 0.5) is 0 Å². The van der Waals surface area contributed by atoms with Gasteiger partial charge in [0.15, 0.2) is 0 Å². The molecule has 0 heterocycles. The summed E-state index contributed by atoms with van der Waals surface area (Å²) in [5.41, 5.74) is 0. The highest BCUT2D eigenvalue weighted by molar-refractivity contribution is 5.66. The smallest absolute Gasteiger partial charge is 0.303 e. The average Bonchev–Trinajstić information content (AvgIpc) is 2.70. The minimum atomic E-state index is -0.745. The van der Waals surface area contributed by atoms with E-state index in [1.807, 2.05) is 0 Å². The van der Waals surface area contributed by atoms with Crippen LogP contribution in [0, 0.1) is 0 Å². The maximum Gasteiger partial charge on any atom is 0.303 e. The van der Waals surface area contributed by atoms with Crippen molar-refractivity contribution in [2.75, 3.05) is 6.61 Å². The van der Waals surface area contributed by atoms with E-state index in [0.29, 0.717) is 6.61 Å². The van der Waals surface area contributed by atoms with Gasteiger partial charge in [0.1, 0.15) is 0 Å². The Kier molecular flexibility index (Phi) is 29.8. The van der Waals surface area contributed by atoms with E-state index in [4.69, 9.17) is 10.2 Å².